The average Bonchev–Trinajstić information content (AvgIpc) is 3.13. The summed E-state index contributed by atoms with van der Waals surface area (Å²) in [6, 6.07) is 43.6. The highest BCUT2D eigenvalue weighted by molar-refractivity contribution is 7.99. The van der Waals surface area contributed by atoms with Crippen molar-refractivity contribution in [2.75, 3.05) is 40.9 Å². The van der Waals surface area contributed by atoms with Crippen LogP contribution in [0.1, 0.15) is 38.5 Å². The van der Waals surface area contributed by atoms with E-state index in [0.29, 0.717) is 0 Å². The van der Waals surface area contributed by atoms with Gasteiger partial charge in [-0.05, 0) is 109 Å². The van der Waals surface area contributed by atoms with Crippen molar-refractivity contribution in [2.45, 2.75) is 48.3 Å². The van der Waals surface area contributed by atoms with Crippen molar-refractivity contribution in [1.82, 2.24) is 0 Å². The van der Waals surface area contributed by atoms with Gasteiger partial charge in [-0.1, -0.05) is 78.5 Å². The number of fused-ring (bicyclic) bond motifs is 4. The largest absolute Gasteiger partial charge is 0.372 e. The number of benzene rings is 6. The maximum atomic E-state index is 2.60. The third kappa shape index (κ3) is 4.73. The molecule has 3 nitrogen and oxygen atoms in total. The van der Waals surface area contributed by atoms with Gasteiger partial charge in [0, 0.05) is 58.1 Å². The first-order chi connectivity index (χ1) is 22.8. The molecule has 6 aromatic carbocycles. The SMILES string of the molecule is c1ccc(-c2c3cc(N4CCCCC4)ccc3c(N3c4ccccc4Sc4ccccc43)c3cc(N4CCCCC4)ccc23)cc1. The molecule has 0 unspecified atom stereocenters. The number of nitrogens with zero attached hydrogens (tertiary/aromatic N) is 3. The van der Waals surface area contributed by atoms with Crippen LogP contribution < -0.4 is 14.7 Å². The third-order valence-corrected chi connectivity index (χ3v) is 11.3. The molecule has 3 aliphatic rings. The molecule has 0 N–H and O–H groups in total. The van der Waals surface area contributed by atoms with E-state index >= 15 is 0 Å². The van der Waals surface area contributed by atoms with Crippen molar-refractivity contribution in [3.05, 3.63) is 115 Å². The standard InChI is InChI=1S/C42H39N3S/c1-4-14-30(15-5-1)41-33-22-20-32(44-26-12-3-13-27-44)29-36(33)42(34-23-21-31(28-35(34)41)43-24-10-2-11-25-43)45-37-16-6-8-18-39(37)46-40-19-9-7-17-38(40)45/h1,4-9,14-23,28-29H,2-3,10-13,24-27H2. The zero-order chi connectivity index (χ0) is 30.5. The Morgan fingerprint density at radius 3 is 1.57 bits per heavy atom. The average molecular weight is 618 g/mol. The molecule has 0 atom stereocenters. The minimum absolute atomic E-state index is 1.13. The lowest BCUT2D eigenvalue weighted by atomic mass is 9.89. The molecule has 4 heteroatoms. The molecule has 3 aliphatic heterocycles. The van der Waals surface area contributed by atoms with Crippen molar-refractivity contribution >= 4 is 61.7 Å². The Morgan fingerprint density at radius 1 is 0.435 bits per heavy atom. The predicted molar refractivity (Wildman–Crippen MR) is 198 cm³/mol. The van der Waals surface area contributed by atoms with Crippen LogP contribution in [0.4, 0.5) is 28.4 Å². The lowest BCUT2D eigenvalue weighted by Crippen LogP contribution is -2.29. The van der Waals surface area contributed by atoms with Crippen LogP contribution in [0, 0.1) is 0 Å². The number of hydrogen-bond acceptors (Lipinski definition) is 4. The van der Waals surface area contributed by atoms with Crippen LogP contribution in [-0.4, -0.2) is 26.2 Å². The van der Waals surface area contributed by atoms with E-state index in [1.807, 2.05) is 11.8 Å². The highest BCUT2D eigenvalue weighted by atomic mass is 32.2. The number of piperidine rings is 2. The van der Waals surface area contributed by atoms with Gasteiger partial charge in [0.15, 0.2) is 0 Å². The maximum absolute atomic E-state index is 2.60. The Balaban J connectivity index is 1.40. The van der Waals surface area contributed by atoms with Crippen molar-refractivity contribution in [3.63, 3.8) is 0 Å². The van der Waals surface area contributed by atoms with E-state index in [1.54, 1.807) is 0 Å². The van der Waals surface area contributed by atoms with Crippen LogP contribution in [0.2, 0.25) is 0 Å². The smallest absolute Gasteiger partial charge is 0.0620 e. The molecule has 0 aromatic heterocycles. The van der Waals surface area contributed by atoms with E-state index in [-0.39, 0.29) is 0 Å². The predicted octanol–water partition coefficient (Wildman–Crippen LogP) is 11.6. The zero-order valence-corrected chi connectivity index (χ0v) is 27.1. The Kier molecular flexibility index (Phi) is 7.12. The van der Waals surface area contributed by atoms with Crippen molar-refractivity contribution in [1.29, 1.82) is 0 Å². The summed E-state index contributed by atoms with van der Waals surface area (Å²) in [6.45, 7) is 4.53. The molecular formula is C42H39N3S. The van der Waals surface area contributed by atoms with Gasteiger partial charge in [-0.25, -0.2) is 0 Å². The molecule has 0 radical (unpaired) electrons. The molecule has 0 aliphatic carbocycles. The molecule has 0 amide bonds. The van der Waals surface area contributed by atoms with E-state index < -0.39 is 0 Å². The van der Waals surface area contributed by atoms with Gasteiger partial charge in [-0.15, -0.1) is 0 Å². The lowest BCUT2D eigenvalue weighted by Gasteiger charge is -2.36. The van der Waals surface area contributed by atoms with Crippen molar-refractivity contribution in [2.24, 2.45) is 0 Å². The molecule has 0 saturated carbocycles. The minimum atomic E-state index is 1.13. The Bertz CT molecular complexity index is 2010. The van der Waals surface area contributed by atoms with E-state index in [1.165, 1.54) is 109 Å². The van der Waals surface area contributed by atoms with Gasteiger partial charge in [-0.2, -0.15) is 0 Å². The quantitative estimate of drug-likeness (QED) is 0.182. The second kappa shape index (κ2) is 11.7. The van der Waals surface area contributed by atoms with Crippen LogP contribution in [0.3, 0.4) is 0 Å². The van der Waals surface area contributed by atoms with Gasteiger partial charge >= 0.3 is 0 Å². The van der Waals surface area contributed by atoms with Crippen LogP contribution in [0.5, 0.6) is 0 Å². The van der Waals surface area contributed by atoms with Crippen LogP contribution in [0.15, 0.2) is 125 Å². The Labute approximate surface area is 276 Å². The number of anilines is 5. The van der Waals surface area contributed by atoms with Crippen LogP contribution in [-0.2, 0) is 0 Å². The summed E-state index contributed by atoms with van der Waals surface area (Å²) in [7, 11) is 0. The molecule has 3 heterocycles. The molecule has 0 spiro atoms. The van der Waals surface area contributed by atoms with Gasteiger partial charge in [0.25, 0.3) is 0 Å². The van der Waals surface area contributed by atoms with Crippen LogP contribution >= 0.6 is 11.8 Å². The summed E-state index contributed by atoms with van der Waals surface area (Å²) in [5.74, 6) is 0. The Morgan fingerprint density at radius 2 is 0.957 bits per heavy atom. The summed E-state index contributed by atoms with van der Waals surface area (Å²) < 4.78 is 0. The van der Waals surface area contributed by atoms with E-state index in [4.69, 9.17) is 0 Å². The van der Waals surface area contributed by atoms with Crippen molar-refractivity contribution in [3.8, 4) is 11.1 Å². The van der Waals surface area contributed by atoms with Gasteiger partial charge < -0.3 is 14.7 Å². The van der Waals surface area contributed by atoms with Crippen LogP contribution in [0.25, 0.3) is 32.7 Å². The summed E-state index contributed by atoms with van der Waals surface area (Å²) in [5, 5.41) is 5.27. The van der Waals surface area contributed by atoms with Gasteiger partial charge in [0.2, 0.25) is 0 Å². The maximum Gasteiger partial charge on any atom is 0.0620 e. The molecule has 9 rings (SSSR count). The first kappa shape index (κ1) is 27.9. The molecule has 0 bridgehead atoms. The molecular weight excluding hydrogens is 579 g/mol. The number of rotatable bonds is 4. The second-order valence-corrected chi connectivity index (χ2v) is 14.1. The summed E-state index contributed by atoms with van der Waals surface area (Å²) in [4.78, 5) is 10.4. The highest BCUT2D eigenvalue weighted by Gasteiger charge is 2.29. The molecule has 2 fully saturated rings. The fourth-order valence-electron chi connectivity index (χ4n) is 7.98. The topological polar surface area (TPSA) is 9.72 Å². The first-order valence-corrected chi connectivity index (χ1v) is 17.9. The number of hydrogen-bond donors (Lipinski definition) is 0. The summed E-state index contributed by atoms with van der Waals surface area (Å²) in [6.07, 6.45) is 7.73. The molecule has 2 saturated heterocycles. The van der Waals surface area contributed by atoms with E-state index in [9.17, 15) is 0 Å². The first-order valence-electron chi connectivity index (χ1n) is 17.1. The highest BCUT2D eigenvalue weighted by Crippen LogP contribution is 2.56. The zero-order valence-electron chi connectivity index (χ0n) is 26.3. The van der Waals surface area contributed by atoms with Gasteiger partial charge in [-0.3, -0.25) is 0 Å². The number of para-hydroxylation sites is 2. The van der Waals surface area contributed by atoms with E-state index in [2.05, 4.69) is 130 Å². The summed E-state index contributed by atoms with van der Waals surface area (Å²) in [5.41, 5.74) is 9.09. The van der Waals surface area contributed by atoms with Gasteiger partial charge in [0.1, 0.15) is 0 Å². The normalized spacial score (nSPS) is 16.5. The lowest BCUT2D eigenvalue weighted by molar-refractivity contribution is 0.578. The fourth-order valence-corrected chi connectivity index (χ4v) is 9.04. The molecule has 228 valence electrons. The molecule has 46 heavy (non-hydrogen) atoms. The van der Waals surface area contributed by atoms with E-state index in [0.717, 1.165) is 26.2 Å². The third-order valence-electron chi connectivity index (χ3n) is 10.2. The molecule has 6 aromatic rings. The monoisotopic (exact) mass is 617 g/mol. The minimum Gasteiger partial charge on any atom is -0.372 e. The fraction of sp³-hybridized carbons (Fsp3) is 0.238. The van der Waals surface area contributed by atoms with Gasteiger partial charge in [0.05, 0.1) is 17.1 Å². The summed E-state index contributed by atoms with van der Waals surface area (Å²) >= 11 is 1.88. The van der Waals surface area contributed by atoms with Crippen molar-refractivity contribution < 1.29 is 0 Å². The Hall–Kier alpha value is -4.41. The second-order valence-electron chi connectivity index (χ2n) is 13.0.